The van der Waals surface area contributed by atoms with Crippen LogP contribution >= 0.6 is 27.7 Å². The van der Waals surface area contributed by atoms with Crippen LogP contribution in [0.1, 0.15) is 31.2 Å². The van der Waals surface area contributed by atoms with Gasteiger partial charge in [0.2, 0.25) is 23.2 Å². The molecule has 0 saturated heterocycles. The molecule has 1 amide bonds. The molecule has 2 aromatic carbocycles. The highest BCUT2D eigenvalue weighted by atomic mass is 79.9. The van der Waals surface area contributed by atoms with Crippen molar-refractivity contribution < 1.29 is 9.53 Å². The lowest BCUT2D eigenvalue weighted by Gasteiger charge is -2.30. The minimum Gasteiger partial charge on any atom is -0.447 e. The van der Waals surface area contributed by atoms with Crippen LogP contribution < -0.4 is 9.64 Å². The fraction of sp³-hybridized carbons (Fsp3) is 0.238. The van der Waals surface area contributed by atoms with E-state index in [1.807, 2.05) is 36.6 Å². The van der Waals surface area contributed by atoms with Gasteiger partial charge in [-0.2, -0.15) is 4.98 Å². The first-order valence-electron chi connectivity index (χ1n) is 9.15. The zero-order valence-electron chi connectivity index (χ0n) is 16.2. The van der Waals surface area contributed by atoms with E-state index in [4.69, 9.17) is 4.74 Å². The van der Waals surface area contributed by atoms with Crippen molar-refractivity contribution >= 4 is 39.3 Å². The molecule has 0 spiro atoms. The molecule has 1 aliphatic rings. The van der Waals surface area contributed by atoms with Gasteiger partial charge in [-0.25, -0.2) is 0 Å². The maximum absolute atomic E-state index is 12.8. The third-order valence-corrected chi connectivity index (χ3v) is 5.79. The minimum absolute atomic E-state index is 0.135. The number of nitrogens with zero attached hydrogens (tertiary/aromatic N) is 4. The Labute approximate surface area is 181 Å². The van der Waals surface area contributed by atoms with Crippen LogP contribution in [0.3, 0.4) is 0 Å². The molecule has 0 fully saturated rings. The van der Waals surface area contributed by atoms with Crippen molar-refractivity contribution in [1.82, 2.24) is 15.2 Å². The number of aryl methyl sites for hydroxylation is 1. The van der Waals surface area contributed by atoms with E-state index in [0.717, 1.165) is 22.0 Å². The molecule has 0 radical (unpaired) electrons. The summed E-state index contributed by atoms with van der Waals surface area (Å²) in [5, 5.41) is 9.05. The van der Waals surface area contributed by atoms with Gasteiger partial charge in [0.1, 0.15) is 0 Å². The molecule has 0 N–H and O–H groups in total. The van der Waals surface area contributed by atoms with Crippen molar-refractivity contribution in [2.24, 2.45) is 0 Å². The predicted molar refractivity (Wildman–Crippen MR) is 117 cm³/mol. The Kier molecular flexibility index (Phi) is 5.56. The summed E-state index contributed by atoms with van der Waals surface area (Å²) in [5.41, 5.74) is 4.04. The molecule has 1 atom stereocenters. The molecule has 2 heterocycles. The Bertz CT molecular complexity index is 1070. The smallest absolute Gasteiger partial charge is 0.247 e. The van der Waals surface area contributed by atoms with E-state index in [1.165, 1.54) is 24.2 Å². The molecule has 8 heteroatoms. The average Bonchev–Trinajstić information content (AvgIpc) is 2.87. The number of ether oxygens (including phenoxy) is 1. The number of amides is 1. The Hall–Kier alpha value is -2.45. The van der Waals surface area contributed by atoms with Gasteiger partial charge in [0, 0.05) is 22.5 Å². The van der Waals surface area contributed by atoms with Crippen LogP contribution in [0, 0.1) is 0 Å². The molecule has 0 aliphatic carbocycles. The number of hydrogen-bond donors (Lipinski definition) is 0. The molecule has 0 unspecified atom stereocenters. The lowest BCUT2D eigenvalue weighted by Crippen LogP contribution is -2.36. The van der Waals surface area contributed by atoms with Gasteiger partial charge >= 0.3 is 0 Å². The highest BCUT2D eigenvalue weighted by Crippen LogP contribution is 2.44. The summed E-state index contributed by atoms with van der Waals surface area (Å²) >= 11 is 4.90. The number of halogens is 1. The summed E-state index contributed by atoms with van der Waals surface area (Å²) in [5.74, 6) is 0.223. The van der Waals surface area contributed by atoms with Gasteiger partial charge in [-0.05, 0) is 36.4 Å². The van der Waals surface area contributed by atoms with Crippen molar-refractivity contribution in [2.75, 3.05) is 11.2 Å². The maximum Gasteiger partial charge on any atom is 0.247 e. The van der Waals surface area contributed by atoms with Gasteiger partial charge < -0.3 is 4.74 Å². The first-order valence-corrected chi connectivity index (χ1v) is 11.2. The average molecular weight is 471 g/mol. The first-order chi connectivity index (χ1) is 14.0. The number of thioether (sulfide) groups is 1. The Morgan fingerprint density at radius 3 is 2.62 bits per heavy atom. The molecule has 4 rings (SSSR count). The monoisotopic (exact) mass is 470 g/mol. The van der Waals surface area contributed by atoms with Crippen molar-refractivity contribution in [1.29, 1.82) is 0 Å². The summed E-state index contributed by atoms with van der Waals surface area (Å²) in [6.45, 7) is 3.64. The summed E-state index contributed by atoms with van der Waals surface area (Å²) < 4.78 is 7.19. The quantitative estimate of drug-likeness (QED) is 0.500. The van der Waals surface area contributed by atoms with Crippen molar-refractivity contribution in [2.45, 2.75) is 31.7 Å². The Morgan fingerprint density at radius 2 is 1.97 bits per heavy atom. The molecule has 0 saturated carbocycles. The van der Waals surface area contributed by atoms with Crippen LogP contribution in [0.5, 0.6) is 5.88 Å². The predicted octanol–water partition coefficient (Wildman–Crippen LogP) is 5.03. The van der Waals surface area contributed by atoms with Gasteiger partial charge in [-0.15, -0.1) is 10.2 Å². The molecule has 6 nitrogen and oxygen atoms in total. The standard InChI is InChI=1S/C21H19BrN4O2S/c1-4-13-5-7-14(8-6-13)20-26(12(2)27)17-10-9-15(22)11-16(17)18-19(28-20)23-21(29-3)25-24-18/h5-11,20H,4H2,1-3H3/t20-/m1/s1. The second-order valence-electron chi connectivity index (χ2n) is 6.57. The van der Waals surface area contributed by atoms with Crippen LogP contribution in [0.4, 0.5) is 5.69 Å². The van der Waals surface area contributed by atoms with E-state index >= 15 is 0 Å². The van der Waals surface area contributed by atoms with E-state index < -0.39 is 6.23 Å². The van der Waals surface area contributed by atoms with Crippen LogP contribution in [0.2, 0.25) is 0 Å². The Balaban J connectivity index is 1.95. The van der Waals surface area contributed by atoms with Gasteiger partial charge in [0.25, 0.3) is 0 Å². The maximum atomic E-state index is 12.8. The normalized spacial score (nSPS) is 15.2. The summed E-state index contributed by atoms with van der Waals surface area (Å²) in [4.78, 5) is 18.9. The van der Waals surface area contributed by atoms with Gasteiger partial charge in [0.05, 0.1) is 5.69 Å². The van der Waals surface area contributed by atoms with Crippen molar-refractivity contribution in [3.63, 3.8) is 0 Å². The number of carbonyl (C=O) groups is 1. The van der Waals surface area contributed by atoms with E-state index in [0.29, 0.717) is 22.4 Å². The van der Waals surface area contributed by atoms with Crippen molar-refractivity contribution in [3.8, 4) is 17.1 Å². The fourth-order valence-corrected chi connectivity index (χ4v) is 3.96. The number of fused-ring (bicyclic) bond motifs is 3. The first kappa shape index (κ1) is 19.8. The summed E-state index contributed by atoms with van der Waals surface area (Å²) in [6.07, 6.45) is 2.16. The number of carbonyl (C=O) groups excluding carboxylic acids is 1. The molecular weight excluding hydrogens is 452 g/mol. The third-order valence-electron chi connectivity index (χ3n) is 4.76. The lowest BCUT2D eigenvalue weighted by molar-refractivity contribution is -0.118. The van der Waals surface area contributed by atoms with E-state index in [-0.39, 0.29) is 5.91 Å². The highest BCUT2D eigenvalue weighted by Gasteiger charge is 2.34. The Morgan fingerprint density at radius 1 is 1.21 bits per heavy atom. The highest BCUT2D eigenvalue weighted by molar-refractivity contribution is 9.10. The van der Waals surface area contributed by atoms with E-state index in [2.05, 4.69) is 50.2 Å². The van der Waals surface area contributed by atoms with E-state index in [9.17, 15) is 4.79 Å². The second-order valence-corrected chi connectivity index (χ2v) is 8.26. The molecule has 1 aromatic heterocycles. The van der Waals surface area contributed by atoms with Crippen LogP contribution in [0.25, 0.3) is 11.3 Å². The fourth-order valence-electron chi connectivity index (χ4n) is 3.30. The lowest BCUT2D eigenvalue weighted by atomic mass is 10.1. The van der Waals surface area contributed by atoms with Crippen molar-refractivity contribution in [3.05, 3.63) is 58.1 Å². The number of benzene rings is 2. The summed E-state index contributed by atoms with van der Waals surface area (Å²) in [6, 6.07) is 13.8. The van der Waals surface area contributed by atoms with Crippen LogP contribution in [-0.2, 0) is 11.2 Å². The number of hydrogen-bond acceptors (Lipinski definition) is 6. The number of rotatable bonds is 3. The zero-order chi connectivity index (χ0) is 20.5. The number of anilines is 1. The zero-order valence-corrected chi connectivity index (χ0v) is 18.6. The molecular formula is C21H19BrN4O2S. The van der Waals surface area contributed by atoms with Crippen LogP contribution in [0.15, 0.2) is 52.1 Å². The van der Waals surface area contributed by atoms with Gasteiger partial charge in [0.15, 0.2) is 5.69 Å². The summed E-state index contributed by atoms with van der Waals surface area (Å²) in [7, 11) is 0. The molecule has 1 aliphatic heterocycles. The largest absolute Gasteiger partial charge is 0.447 e. The van der Waals surface area contributed by atoms with E-state index in [1.54, 1.807) is 4.90 Å². The molecule has 148 valence electrons. The van der Waals surface area contributed by atoms with Gasteiger partial charge in [-0.3, -0.25) is 9.69 Å². The SMILES string of the molecule is CCc1ccc([C@H]2Oc3nc(SC)nnc3-c3cc(Br)ccc3N2C(C)=O)cc1. The molecule has 0 bridgehead atoms. The van der Waals surface area contributed by atoms with Crippen LogP contribution in [-0.4, -0.2) is 27.3 Å². The minimum atomic E-state index is -0.661. The number of aromatic nitrogens is 3. The third kappa shape index (κ3) is 3.74. The topological polar surface area (TPSA) is 68.2 Å². The molecule has 29 heavy (non-hydrogen) atoms. The molecule has 3 aromatic rings. The van der Waals surface area contributed by atoms with Gasteiger partial charge in [-0.1, -0.05) is 58.9 Å². The second kappa shape index (κ2) is 8.12.